The average molecular weight is 329 g/mol. The van der Waals surface area contributed by atoms with Crippen LogP contribution < -0.4 is 15.4 Å². The maximum Gasteiger partial charge on any atom is 0.263 e. The second-order valence-corrected chi connectivity index (χ2v) is 6.14. The van der Waals surface area contributed by atoms with Gasteiger partial charge >= 0.3 is 0 Å². The molecular weight excluding hydrogens is 302 g/mol. The maximum atomic E-state index is 12.0. The summed E-state index contributed by atoms with van der Waals surface area (Å²) in [7, 11) is 0. The first kappa shape index (κ1) is 19.6. The van der Waals surface area contributed by atoms with Crippen molar-refractivity contribution in [1.29, 1.82) is 5.26 Å². The van der Waals surface area contributed by atoms with Crippen molar-refractivity contribution < 1.29 is 9.53 Å². The summed E-state index contributed by atoms with van der Waals surface area (Å²) in [4.78, 5) is 12.0. The minimum Gasteiger partial charge on any atom is -0.494 e. The lowest BCUT2D eigenvalue weighted by Gasteiger charge is -2.18. The van der Waals surface area contributed by atoms with Crippen molar-refractivity contribution in [2.45, 2.75) is 40.7 Å². The SMILES string of the molecule is CCOc1ccc(C)cc1C(C)N/C=C(/C#N)C(=O)NCC(C)C. The van der Waals surface area contributed by atoms with E-state index in [0.717, 1.165) is 16.9 Å². The van der Waals surface area contributed by atoms with E-state index in [4.69, 9.17) is 4.74 Å². The molecule has 1 atom stereocenters. The fraction of sp³-hybridized carbons (Fsp3) is 0.474. The van der Waals surface area contributed by atoms with E-state index in [2.05, 4.69) is 10.6 Å². The highest BCUT2D eigenvalue weighted by Gasteiger charge is 2.13. The van der Waals surface area contributed by atoms with Gasteiger partial charge in [0.15, 0.2) is 0 Å². The van der Waals surface area contributed by atoms with Gasteiger partial charge in [-0.1, -0.05) is 31.5 Å². The van der Waals surface area contributed by atoms with Crippen LogP contribution in [0.4, 0.5) is 0 Å². The molecule has 0 spiro atoms. The molecule has 0 aliphatic carbocycles. The van der Waals surface area contributed by atoms with Crippen LogP contribution in [0.1, 0.15) is 44.9 Å². The Bertz CT molecular complexity index is 630. The summed E-state index contributed by atoms with van der Waals surface area (Å²) in [5.74, 6) is 0.779. The number of hydrogen-bond donors (Lipinski definition) is 2. The lowest BCUT2D eigenvalue weighted by atomic mass is 10.0. The molecule has 0 saturated carbocycles. The number of nitriles is 1. The van der Waals surface area contributed by atoms with Crippen LogP contribution in [-0.4, -0.2) is 19.1 Å². The van der Waals surface area contributed by atoms with Crippen molar-refractivity contribution >= 4 is 5.91 Å². The number of hydrogen-bond acceptors (Lipinski definition) is 4. The van der Waals surface area contributed by atoms with Crippen LogP contribution in [0.15, 0.2) is 30.0 Å². The van der Waals surface area contributed by atoms with Gasteiger partial charge in [0.1, 0.15) is 17.4 Å². The molecule has 5 nitrogen and oxygen atoms in total. The Morgan fingerprint density at radius 3 is 2.67 bits per heavy atom. The second-order valence-electron chi connectivity index (χ2n) is 6.14. The summed E-state index contributed by atoms with van der Waals surface area (Å²) in [6.45, 7) is 11.1. The molecule has 1 aromatic rings. The predicted octanol–water partition coefficient (Wildman–Crippen LogP) is 3.22. The van der Waals surface area contributed by atoms with Gasteiger partial charge in [-0.3, -0.25) is 4.79 Å². The number of ether oxygens (including phenoxy) is 1. The maximum absolute atomic E-state index is 12.0. The van der Waals surface area contributed by atoms with E-state index in [1.807, 2.05) is 58.9 Å². The number of amides is 1. The van der Waals surface area contributed by atoms with Crippen molar-refractivity contribution in [3.05, 3.63) is 41.1 Å². The third kappa shape index (κ3) is 5.96. The molecular formula is C19H27N3O2. The second kappa shape index (κ2) is 9.61. The number of rotatable bonds is 8. The van der Waals surface area contributed by atoms with Gasteiger partial charge in [-0.25, -0.2) is 0 Å². The van der Waals surface area contributed by atoms with E-state index in [-0.39, 0.29) is 17.5 Å². The number of benzene rings is 1. The van der Waals surface area contributed by atoms with Crippen LogP contribution >= 0.6 is 0 Å². The van der Waals surface area contributed by atoms with E-state index >= 15 is 0 Å². The summed E-state index contributed by atoms with van der Waals surface area (Å²) in [5.41, 5.74) is 2.18. The van der Waals surface area contributed by atoms with Crippen LogP contribution in [0.5, 0.6) is 5.75 Å². The van der Waals surface area contributed by atoms with Gasteiger partial charge in [0.05, 0.1) is 12.6 Å². The van der Waals surface area contributed by atoms with E-state index in [9.17, 15) is 10.1 Å². The molecule has 1 aromatic carbocycles. The highest BCUT2D eigenvalue weighted by atomic mass is 16.5. The van der Waals surface area contributed by atoms with E-state index in [1.54, 1.807) is 0 Å². The number of nitrogens with one attached hydrogen (secondary N) is 2. The molecule has 130 valence electrons. The Hall–Kier alpha value is -2.48. The van der Waals surface area contributed by atoms with Crippen LogP contribution in [0.25, 0.3) is 0 Å². The van der Waals surface area contributed by atoms with Gasteiger partial charge in [0.25, 0.3) is 5.91 Å². The molecule has 1 rings (SSSR count). The minimum absolute atomic E-state index is 0.0631. The summed E-state index contributed by atoms with van der Waals surface area (Å²) in [6, 6.07) is 7.83. The molecule has 0 aliphatic rings. The van der Waals surface area contributed by atoms with Crippen molar-refractivity contribution in [2.24, 2.45) is 5.92 Å². The Morgan fingerprint density at radius 1 is 1.38 bits per heavy atom. The van der Waals surface area contributed by atoms with Crippen molar-refractivity contribution in [2.75, 3.05) is 13.2 Å². The molecule has 1 unspecified atom stereocenters. The van der Waals surface area contributed by atoms with Gasteiger partial charge in [-0.05, 0) is 32.8 Å². The summed E-state index contributed by atoms with van der Waals surface area (Å²) < 4.78 is 5.65. The Labute approximate surface area is 144 Å². The molecule has 2 N–H and O–H groups in total. The van der Waals surface area contributed by atoms with Crippen LogP contribution in [0, 0.1) is 24.2 Å². The predicted molar refractivity (Wildman–Crippen MR) is 95.4 cm³/mol. The van der Waals surface area contributed by atoms with Gasteiger partial charge in [0.2, 0.25) is 0 Å². The molecule has 24 heavy (non-hydrogen) atoms. The number of carbonyl (C=O) groups is 1. The molecule has 0 aliphatic heterocycles. The molecule has 1 amide bonds. The van der Waals surface area contributed by atoms with E-state index in [0.29, 0.717) is 19.1 Å². The van der Waals surface area contributed by atoms with Crippen molar-refractivity contribution in [3.8, 4) is 11.8 Å². The quantitative estimate of drug-likeness (QED) is 0.567. The first-order valence-electron chi connectivity index (χ1n) is 8.26. The molecule has 0 radical (unpaired) electrons. The van der Waals surface area contributed by atoms with Crippen molar-refractivity contribution in [3.63, 3.8) is 0 Å². The Kier molecular flexibility index (Phi) is 7.84. The van der Waals surface area contributed by atoms with Gasteiger partial charge in [-0.2, -0.15) is 5.26 Å². The minimum atomic E-state index is -0.361. The Balaban J connectivity index is 2.86. The first-order chi connectivity index (χ1) is 11.4. The highest BCUT2D eigenvalue weighted by molar-refractivity contribution is 5.97. The summed E-state index contributed by atoms with van der Waals surface area (Å²) in [6.07, 6.45) is 1.47. The van der Waals surface area contributed by atoms with E-state index < -0.39 is 0 Å². The lowest BCUT2D eigenvalue weighted by Crippen LogP contribution is -2.29. The fourth-order valence-corrected chi connectivity index (χ4v) is 2.13. The molecule has 0 fully saturated rings. The topological polar surface area (TPSA) is 74.1 Å². The number of carbonyl (C=O) groups excluding carboxylic acids is 1. The van der Waals surface area contributed by atoms with Gasteiger partial charge in [0, 0.05) is 18.3 Å². The Morgan fingerprint density at radius 2 is 2.08 bits per heavy atom. The molecule has 0 bridgehead atoms. The van der Waals surface area contributed by atoms with Crippen LogP contribution in [0.3, 0.4) is 0 Å². The normalized spacial score (nSPS) is 12.5. The smallest absolute Gasteiger partial charge is 0.263 e. The third-order valence-corrected chi connectivity index (χ3v) is 3.45. The fourth-order valence-electron chi connectivity index (χ4n) is 2.13. The van der Waals surface area contributed by atoms with Gasteiger partial charge in [-0.15, -0.1) is 0 Å². The van der Waals surface area contributed by atoms with Crippen molar-refractivity contribution in [1.82, 2.24) is 10.6 Å². The monoisotopic (exact) mass is 329 g/mol. The summed E-state index contributed by atoms with van der Waals surface area (Å²) >= 11 is 0. The van der Waals surface area contributed by atoms with Gasteiger partial charge < -0.3 is 15.4 Å². The third-order valence-electron chi connectivity index (χ3n) is 3.45. The van der Waals surface area contributed by atoms with Crippen LogP contribution in [-0.2, 0) is 4.79 Å². The molecule has 0 saturated heterocycles. The molecule has 5 heteroatoms. The zero-order valence-electron chi connectivity index (χ0n) is 15.1. The molecule has 0 aromatic heterocycles. The summed E-state index contributed by atoms with van der Waals surface area (Å²) in [5, 5.41) is 15.0. The lowest BCUT2D eigenvalue weighted by molar-refractivity contribution is -0.117. The van der Waals surface area contributed by atoms with E-state index in [1.165, 1.54) is 6.20 Å². The van der Waals surface area contributed by atoms with Crippen LogP contribution in [0.2, 0.25) is 0 Å². The standard InChI is InChI=1S/C19H27N3O2/c1-6-24-18-8-7-14(4)9-17(18)15(5)21-12-16(10-20)19(23)22-11-13(2)3/h7-9,12-13,15,21H,6,11H2,1-5H3,(H,22,23)/b16-12-. The largest absolute Gasteiger partial charge is 0.494 e. The first-order valence-corrected chi connectivity index (χ1v) is 8.26. The average Bonchev–Trinajstić information content (AvgIpc) is 2.55. The highest BCUT2D eigenvalue weighted by Crippen LogP contribution is 2.26. The zero-order chi connectivity index (χ0) is 18.1. The number of aryl methyl sites for hydroxylation is 1. The molecule has 0 heterocycles. The number of nitrogens with zero attached hydrogens (tertiary/aromatic N) is 1. The zero-order valence-corrected chi connectivity index (χ0v) is 15.1.